The van der Waals surface area contributed by atoms with Crippen LogP contribution in [-0.2, 0) is 11.3 Å². The Balaban J connectivity index is 2.15. The minimum absolute atomic E-state index is 0.147. The number of phenolic OH excluding ortho intramolecular Hbond substituents is 4. The molecule has 120 valence electrons. The van der Waals surface area contributed by atoms with Crippen molar-refractivity contribution in [3.63, 3.8) is 0 Å². The molecule has 3 rings (SSSR count). The molecular formula is C17H17NO5. The van der Waals surface area contributed by atoms with Gasteiger partial charge in [0.2, 0.25) is 5.91 Å². The van der Waals surface area contributed by atoms with Gasteiger partial charge in [0.05, 0.1) is 0 Å². The summed E-state index contributed by atoms with van der Waals surface area (Å²) in [6.45, 7) is 2.04. The van der Waals surface area contributed by atoms with E-state index < -0.39 is 0 Å². The monoisotopic (exact) mass is 315 g/mol. The van der Waals surface area contributed by atoms with Gasteiger partial charge in [-0.05, 0) is 29.3 Å². The highest BCUT2D eigenvalue weighted by molar-refractivity contribution is 5.74. The zero-order valence-corrected chi connectivity index (χ0v) is 12.5. The van der Waals surface area contributed by atoms with Crippen LogP contribution >= 0.6 is 0 Å². The maximum absolute atomic E-state index is 11.8. The molecule has 6 nitrogen and oxygen atoms in total. The Kier molecular flexibility index (Phi) is 3.52. The summed E-state index contributed by atoms with van der Waals surface area (Å²) in [5, 5.41) is 39.0. The molecule has 0 fully saturated rings. The molecule has 0 unspecified atom stereocenters. The van der Waals surface area contributed by atoms with E-state index in [4.69, 9.17) is 0 Å². The zero-order valence-electron chi connectivity index (χ0n) is 12.5. The Morgan fingerprint density at radius 3 is 2.39 bits per heavy atom. The predicted octanol–water partition coefficient (Wildman–Crippen LogP) is 2.00. The summed E-state index contributed by atoms with van der Waals surface area (Å²) in [5.41, 5.74) is 1.98. The first kappa shape index (κ1) is 15.0. The first-order valence-electron chi connectivity index (χ1n) is 7.19. The van der Waals surface area contributed by atoms with Crippen LogP contribution in [0.5, 0.6) is 23.0 Å². The smallest absolute Gasteiger partial charge is 0.219 e. The van der Waals surface area contributed by atoms with Gasteiger partial charge in [-0.1, -0.05) is 12.1 Å². The van der Waals surface area contributed by atoms with E-state index in [1.165, 1.54) is 25.1 Å². The molecule has 1 amide bonds. The van der Waals surface area contributed by atoms with Gasteiger partial charge < -0.3 is 25.3 Å². The van der Waals surface area contributed by atoms with Gasteiger partial charge >= 0.3 is 0 Å². The fourth-order valence-corrected chi connectivity index (χ4v) is 2.99. The third-order valence-electron chi connectivity index (χ3n) is 4.27. The van der Waals surface area contributed by atoms with Crippen molar-refractivity contribution < 1.29 is 25.2 Å². The van der Waals surface area contributed by atoms with Crippen LogP contribution in [0.25, 0.3) is 0 Å². The Morgan fingerprint density at radius 1 is 1.04 bits per heavy atom. The lowest BCUT2D eigenvalue weighted by molar-refractivity contribution is -0.129. The molecule has 0 aromatic heterocycles. The molecule has 0 bridgehead atoms. The quantitative estimate of drug-likeness (QED) is 0.603. The van der Waals surface area contributed by atoms with Crippen molar-refractivity contribution in [1.82, 2.24) is 4.90 Å². The van der Waals surface area contributed by atoms with Crippen molar-refractivity contribution in [2.75, 3.05) is 6.54 Å². The molecule has 1 aliphatic heterocycles. The maximum atomic E-state index is 11.8. The topological polar surface area (TPSA) is 101 Å². The van der Waals surface area contributed by atoms with Crippen molar-refractivity contribution in [3.8, 4) is 23.0 Å². The highest BCUT2D eigenvalue weighted by Crippen LogP contribution is 2.42. The third-order valence-corrected chi connectivity index (χ3v) is 4.27. The van der Waals surface area contributed by atoms with Crippen LogP contribution in [0.3, 0.4) is 0 Å². The number of fused-ring (bicyclic) bond motifs is 1. The van der Waals surface area contributed by atoms with Gasteiger partial charge in [0.25, 0.3) is 0 Å². The van der Waals surface area contributed by atoms with Crippen LogP contribution in [0.1, 0.15) is 29.5 Å². The van der Waals surface area contributed by atoms with Gasteiger partial charge in [-0.3, -0.25) is 4.79 Å². The molecule has 2 aromatic carbocycles. The molecule has 0 aliphatic carbocycles. The van der Waals surface area contributed by atoms with Crippen LogP contribution in [0.15, 0.2) is 30.3 Å². The van der Waals surface area contributed by atoms with Crippen molar-refractivity contribution in [1.29, 1.82) is 0 Å². The van der Waals surface area contributed by atoms with E-state index in [-0.39, 0.29) is 41.4 Å². The summed E-state index contributed by atoms with van der Waals surface area (Å²) in [7, 11) is 0. The summed E-state index contributed by atoms with van der Waals surface area (Å²) >= 11 is 0. The second-order valence-corrected chi connectivity index (χ2v) is 5.70. The van der Waals surface area contributed by atoms with Gasteiger partial charge in [0, 0.05) is 31.5 Å². The van der Waals surface area contributed by atoms with Gasteiger partial charge in [-0.25, -0.2) is 0 Å². The van der Waals surface area contributed by atoms with Gasteiger partial charge in [-0.2, -0.15) is 0 Å². The average Bonchev–Trinajstić information content (AvgIpc) is 2.52. The Labute approximate surface area is 132 Å². The molecule has 1 atom stereocenters. The van der Waals surface area contributed by atoms with Gasteiger partial charge in [0.15, 0.2) is 23.0 Å². The fourth-order valence-electron chi connectivity index (χ4n) is 2.99. The number of nitrogens with zero attached hydrogens (tertiary/aromatic N) is 1. The summed E-state index contributed by atoms with van der Waals surface area (Å²) in [6.07, 6.45) is 0. The molecule has 1 aliphatic rings. The number of amides is 1. The molecule has 1 heterocycles. The van der Waals surface area contributed by atoms with E-state index in [0.29, 0.717) is 17.7 Å². The van der Waals surface area contributed by atoms with E-state index >= 15 is 0 Å². The van der Waals surface area contributed by atoms with E-state index in [9.17, 15) is 25.2 Å². The number of hydrogen-bond acceptors (Lipinski definition) is 5. The number of phenols is 4. The van der Waals surface area contributed by atoms with E-state index in [1.54, 1.807) is 17.0 Å². The largest absolute Gasteiger partial charge is 0.504 e. The lowest BCUT2D eigenvalue weighted by atomic mass is 9.84. The van der Waals surface area contributed by atoms with Crippen molar-refractivity contribution in [2.45, 2.75) is 19.4 Å². The summed E-state index contributed by atoms with van der Waals surface area (Å²) in [5.74, 6) is -1.36. The normalized spacial score (nSPS) is 16.9. The van der Waals surface area contributed by atoms with Crippen LogP contribution < -0.4 is 0 Å². The van der Waals surface area contributed by atoms with Crippen molar-refractivity contribution in [2.24, 2.45) is 0 Å². The van der Waals surface area contributed by atoms with Crippen molar-refractivity contribution >= 4 is 5.91 Å². The number of aromatic hydroxyl groups is 4. The lowest BCUT2D eigenvalue weighted by Crippen LogP contribution is -2.37. The second-order valence-electron chi connectivity index (χ2n) is 5.70. The fraction of sp³-hybridized carbons (Fsp3) is 0.235. The van der Waals surface area contributed by atoms with Gasteiger partial charge in [0.1, 0.15) is 0 Å². The minimum Gasteiger partial charge on any atom is -0.504 e. The first-order valence-corrected chi connectivity index (χ1v) is 7.19. The number of carbonyl (C=O) groups is 1. The molecule has 0 radical (unpaired) electrons. The summed E-state index contributed by atoms with van der Waals surface area (Å²) in [4.78, 5) is 13.4. The lowest BCUT2D eigenvalue weighted by Gasteiger charge is -2.35. The van der Waals surface area contributed by atoms with Crippen LogP contribution in [0, 0.1) is 0 Å². The molecule has 6 heteroatoms. The molecule has 0 saturated heterocycles. The van der Waals surface area contributed by atoms with Crippen LogP contribution in [-0.4, -0.2) is 37.8 Å². The van der Waals surface area contributed by atoms with Gasteiger partial charge in [-0.15, -0.1) is 0 Å². The average molecular weight is 315 g/mol. The number of rotatable bonds is 1. The zero-order chi connectivity index (χ0) is 16.7. The Morgan fingerprint density at radius 2 is 1.74 bits per heavy atom. The molecule has 0 spiro atoms. The summed E-state index contributed by atoms with van der Waals surface area (Å²) < 4.78 is 0. The summed E-state index contributed by atoms with van der Waals surface area (Å²) in [6, 6.07) is 7.60. The Bertz CT molecular complexity index is 787. The van der Waals surface area contributed by atoms with E-state index in [0.717, 1.165) is 5.56 Å². The van der Waals surface area contributed by atoms with E-state index in [2.05, 4.69) is 0 Å². The highest BCUT2D eigenvalue weighted by Gasteiger charge is 2.31. The molecule has 2 aromatic rings. The van der Waals surface area contributed by atoms with Crippen LogP contribution in [0.2, 0.25) is 0 Å². The predicted molar refractivity (Wildman–Crippen MR) is 82.5 cm³/mol. The number of benzene rings is 2. The van der Waals surface area contributed by atoms with Crippen molar-refractivity contribution in [3.05, 3.63) is 47.0 Å². The molecule has 23 heavy (non-hydrogen) atoms. The van der Waals surface area contributed by atoms with E-state index in [1.807, 2.05) is 0 Å². The third kappa shape index (κ3) is 2.52. The Hall–Kier alpha value is -2.89. The standard InChI is InChI=1S/C17H17NO5/c1-9(19)18-7-12(10-2-4-14(20)16(22)6-10)11-3-5-15(21)17(23)13(11)8-18/h2-6,12,20-23H,7-8H2,1H3/t12-/m1/s1. The number of carbonyl (C=O) groups excluding carboxylic acids is 1. The number of hydrogen-bond donors (Lipinski definition) is 4. The molecular weight excluding hydrogens is 298 g/mol. The second kappa shape index (κ2) is 5.39. The first-order chi connectivity index (χ1) is 10.9. The van der Waals surface area contributed by atoms with Crippen LogP contribution in [0.4, 0.5) is 0 Å². The highest BCUT2D eigenvalue weighted by atomic mass is 16.3. The molecule has 0 saturated carbocycles. The molecule has 4 N–H and O–H groups in total. The maximum Gasteiger partial charge on any atom is 0.219 e. The minimum atomic E-state index is -0.277. The SMILES string of the molecule is CC(=O)N1Cc2c(ccc(O)c2O)[C@@H](c2ccc(O)c(O)c2)C1.